The normalized spacial score (nSPS) is 15.1. The summed E-state index contributed by atoms with van der Waals surface area (Å²) in [5.74, 6) is -0.598. The molecule has 0 amide bonds. The molecule has 0 fully saturated rings. The number of ether oxygens (including phenoxy) is 1. The predicted octanol–water partition coefficient (Wildman–Crippen LogP) is 5.11. The Labute approximate surface area is 197 Å². The highest BCUT2D eigenvalue weighted by Gasteiger charge is 2.24. The van der Waals surface area contributed by atoms with Crippen LogP contribution in [0.5, 0.6) is 0 Å². The van der Waals surface area contributed by atoms with Crippen LogP contribution in [0.15, 0.2) is 59.9 Å². The number of halogens is 2. The lowest BCUT2D eigenvalue weighted by atomic mass is 10.0. The van der Waals surface area contributed by atoms with E-state index < -0.39 is 11.6 Å². The lowest BCUT2D eigenvalue weighted by molar-refractivity contribution is 0.205. The van der Waals surface area contributed by atoms with Crippen LogP contribution in [0.1, 0.15) is 36.4 Å². The van der Waals surface area contributed by atoms with Crippen LogP contribution in [0, 0.1) is 23.0 Å². The molecule has 0 radical (unpaired) electrons. The Bertz CT molecular complexity index is 1170. The molecule has 174 valence electrons. The average Bonchev–Trinajstić information content (AvgIpc) is 3.34. The largest absolute Gasteiger partial charge is 0.383 e. The van der Waals surface area contributed by atoms with E-state index in [1.54, 1.807) is 19.5 Å². The van der Waals surface area contributed by atoms with E-state index in [9.17, 15) is 8.78 Å². The summed E-state index contributed by atoms with van der Waals surface area (Å²) < 4.78 is 33.4. The van der Waals surface area contributed by atoms with Crippen LogP contribution in [0.2, 0.25) is 0 Å². The Morgan fingerprint density at radius 1 is 1.03 bits per heavy atom. The number of benzene rings is 2. The van der Waals surface area contributed by atoms with E-state index >= 15 is 0 Å². The standard InChI is InChI=1S/C26H25F2N5O/c1-34-15-14-33(13-3-12-29)26-30-16-20(17-31-26)18-6-8-19(9-7-18)23-10-11-24(32-23)25-21(27)4-2-5-22(25)28/h2,4-9,16-17,23H,3,10-11,13-15H2,1H3. The van der Waals surface area contributed by atoms with Crippen molar-refractivity contribution in [2.45, 2.75) is 25.3 Å². The molecule has 1 aliphatic rings. The third kappa shape index (κ3) is 5.26. The molecule has 0 N–H and O–H groups in total. The van der Waals surface area contributed by atoms with Gasteiger partial charge < -0.3 is 9.64 Å². The third-order valence-corrected chi connectivity index (χ3v) is 5.83. The number of hydrogen-bond acceptors (Lipinski definition) is 6. The van der Waals surface area contributed by atoms with Gasteiger partial charge in [-0.1, -0.05) is 30.3 Å². The van der Waals surface area contributed by atoms with E-state index in [-0.39, 0.29) is 11.6 Å². The molecule has 6 nitrogen and oxygen atoms in total. The molecule has 1 atom stereocenters. The van der Waals surface area contributed by atoms with Gasteiger partial charge in [-0.2, -0.15) is 5.26 Å². The summed E-state index contributed by atoms with van der Waals surface area (Å²) in [6.07, 6.45) is 5.14. The third-order valence-electron chi connectivity index (χ3n) is 5.83. The summed E-state index contributed by atoms with van der Waals surface area (Å²) in [4.78, 5) is 15.5. The number of hydrogen-bond donors (Lipinski definition) is 0. The number of methoxy groups -OCH3 is 1. The van der Waals surface area contributed by atoms with Gasteiger partial charge in [0.1, 0.15) is 11.6 Å². The summed E-state index contributed by atoms with van der Waals surface area (Å²) >= 11 is 0. The molecule has 2 aromatic carbocycles. The Balaban J connectivity index is 1.48. The van der Waals surface area contributed by atoms with E-state index in [1.807, 2.05) is 29.2 Å². The lowest BCUT2D eigenvalue weighted by Crippen LogP contribution is -2.29. The molecule has 0 bridgehead atoms. The molecule has 3 aromatic rings. The first kappa shape index (κ1) is 23.5. The fourth-order valence-electron chi connectivity index (χ4n) is 4.02. The van der Waals surface area contributed by atoms with Gasteiger partial charge in [-0.15, -0.1) is 0 Å². The zero-order valence-electron chi connectivity index (χ0n) is 18.9. The maximum atomic E-state index is 14.1. The van der Waals surface area contributed by atoms with E-state index in [1.165, 1.54) is 18.2 Å². The van der Waals surface area contributed by atoms with Crippen molar-refractivity contribution in [2.24, 2.45) is 4.99 Å². The number of anilines is 1. The van der Waals surface area contributed by atoms with Gasteiger partial charge >= 0.3 is 0 Å². The van der Waals surface area contributed by atoms with Gasteiger partial charge in [0.05, 0.1) is 30.7 Å². The summed E-state index contributed by atoms with van der Waals surface area (Å²) in [6, 6.07) is 13.8. The Kier molecular flexibility index (Phi) is 7.55. The summed E-state index contributed by atoms with van der Waals surface area (Å²) in [5, 5.41) is 8.89. The predicted molar refractivity (Wildman–Crippen MR) is 127 cm³/mol. The summed E-state index contributed by atoms with van der Waals surface area (Å²) in [7, 11) is 1.63. The minimum Gasteiger partial charge on any atom is -0.383 e. The van der Waals surface area contributed by atoms with Crippen molar-refractivity contribution < 1.29 is 13.5 Å². The van der Waals surface area contributed by atoms with Crippen molar-refractivity contribution in [3.8, 4) is 17.2 Å². The van der Waals surface area contributed by atoms with Crippen molar-refractivity contribution in [1.29, 1.82) is 5.26 Å². The highest BCUT2D eigenvalue weighted by molar-refractivity contribution is 6.02. The van der Waals surface area contributed by atoms with Gasteiger partial charge in [0.2, 0.25) is 5.95 Å². The fraction of sp³-hybridized carbons (Fsp3) is 0.308. The van der Waals surface area contributed by atoms with Crippen molar-refractivity contribution in [3.63, 3.8) is 0 Å². The van der Waals surface area contributed by atoms with Crippen molar-refractivity contribution in [3.05, 3.63) is 77.6 Å². The number of aliphatic imine (C=N–C) groups is 1. The van der Waals surface area contributed by atoms with Crippen LogP contribution < -0.4 is 4.90 Å². The second-order valence-corrected chi connectivity index (χ2v) is 8.01. The monoisotopic (exact) mass is 461 g/mol. The fourth-order valence-corrected chi connectivity index (χ4v) is 4.02. The van der Waals surface area contributed by atoms with E-state index in [4.69, 9.17) is 10.00 Å². The van der Waals surface area contributed by atoms with Crippen molar-refractivity contribution >= 4 is 11.7 Å². The minimum absolute atomic E-state index is 0.0202. The maximum absolute atomic E-state index is 14.1. The quantitative estimate of drug-likeness (QED) is 0.443. The topological polar surface area (TPSA) is 74.4 Å². The van der Waals surface area contributed by atoms with E-state index in [0.29, 0.717) is 50.6 Å². The second kappa shape index (κ2) is 10.9. The van der Waals surface area contributed by atoms with Gasteiger partial charge in [0.15, 0.2) is 0 Å². The molecule has 8 heteroatoms. The molecule has 34 heavy (non-hydrogen) atoms. The van der Waals surface area contributed by atoms with Crippen LogP contribution in [0.3, 0.4) is 0 Å². The number of nitrogens with zero attached hydrogens (tertiary/aromatic N) is 5. The van der Waals surface area contributed by atoms with Gasteiger partial charge in [-0.25, -0.2) is 18.7 Å². The number of aromatic nitrogens is 2. The first-order chi connectivity index (χ1) is 16.6. The Morgan fingerprint density at radius 2 is 1.74 bits per heavy atom. The molecule has 2 heterocycles. The van der Waals surface area contributed by atoms with Crippen LogP contribution >= 0.6 is 0 Å². The smallest absolute Gasteiger partial charge is 0.225 e. The molecule has 0 aliphatic carbocycles. The first-order valence-corrected chi connectivity index (χ1v) is 11.1. The van der Waals surface area contributed by atoms with Crippen LogP contribution in [0.25, 0.3) is 11.1 Å². The molecule has 0 spiro atoms. The lowest BCUT2D eigenvalue weighted by Gasteiger charge is -2.21. The molecule has 0 saturated carbocycles. The SMILES string of the molecule is COCCN(CCC#N)c1ncc(-c2ccc(C3CCC(c4c(F)cccc4F)=N3)cc2)cn1. The average molecular weight is 462 g/mol. The zero-order valence-corrected chi connectivity index (χ0v) is 18.9. The van der Waals surface area contributed by atoms with Crippen LogP contribution in [0.4, 0.5) is 14.7 Å². The van der Waals surface area contributed by atoms with Gasteiger partial charge in [-0.05, 0) is 36.1 Å². The Hall–Kier alpha value is -3.70. The van der Waals surface area contributed by atoms with Gasteiger partial charge in [-0.3, -0.25) is 4.99 Å². The maximum Gasteiger partial charge on any atom is 0.225 e. The van der Waals surface area contributed by atoms with E-state index in [0.717, 1.165) is 16.7 Å². The Morgan fingerprint density at radius 3 is 2.38 bits per heavy atom. The summed E-state index contributed by atoms with van der Waals surface area (Å²) in [6.45, 7) is 1.66. The van der Waals surface area contributed by atoms with Crippen LogP contribution in [-0.2, 0) is 4.74 Å². The van der Waals surface area contributed by atoms with Crippen LogP contribution in [-0.4, -0.2) is 42.5 Å². The molecule has 1 aliphatic heterocycles. The molecule has 1 unspecified atom stereocenters. The molecule has 0 saturated heterocycles. The van der Waals surface area contributed by atoms with Crippen molar-refractivity contribution in [1.82, 2.24) is 9.97 Å². The highest BCUT2D eigenvalue weighted by Crippen LogP contribution is 2.33. The molecule has 4 rings (SSSR count). The highest BCUT2D eigenvalue weighted by atomic mass is 19.1. The number of rotatable bonds is 9. The molecular weight excluding hydrogens is 436 g/mol. The zero-order chi connectivity index (χ0) is 23.9. The molecule has 1 aromatic heterocycles. The second-order valence-electron chi connectivity index (χ2n) is 8.01. The summed E-state index contributed by atoms with van der Waals surface area (Å²) in [5.41, 5.74) is 3.27. The van der Waals surface area contributed by atoms with E-state index in [2.05, 4.69) is 21.0 Å². The minimum atomic E-state index is -0.577. The first-order valence-electron chi connectivity index (χ1n) is 11.1. The van der Waals surface area contributed by atoms with Crippen molar-refractivity contribution in [2.75, 3.05) is 31.7 Å². The molecular formula is C26H25F2N5O. The van der Waals surface area contributed by atoms with Gasteiger partial charge in [0, 0.05) is 43.9 Å². The van der Waals surface area contributed by atoms with Gasteiger partial charge in [0.25, 0.3) is 0 Å². The number of nitriles is 1.